The molecule has 8 rings (SSSR count). The summed E-state index contributed by atoms with van der Waals surface area (Å²) >= 11 is 1.65. The Hall–Kier alpha value is -2.04. The minimum Gasteiger partial charge on any atom is -1.00 e. The number of rotatable bonds is 6. The average Bonchev–Trinajstić information content (AvgIpc) is 3.84. The van der Waals surface area contributed by atoms with Gasteiger partial charge in [0.1, 0.15) is 0 Å². The molecule has 6 aromatic rings. The molecule has 2 aromatic heterocycles. The number of halogens is 2. The molecule has 0 bridgehead atoms. The predicted molar refractivity (Wildman–Crippen MR) is 194 cm³/mol. The van der Waals surface area contributed by atoms with Gasteiger partial charge < -0.3 is 24.8 Å². The molecule has 2 unspecified atom stereocenters. The fraction of sp³-hybridized carbons (Fsp3) is 0.200. The Morgan fingerprint density at radius 2 is 1.02 bits per heavy atom. The van der Waals surface area contributed by atoms with Crippen molar-refractivity contribution in [3.63, 3.8) is 0 Å². The van der Waals surface area contributed by atoms with Gasteiger partial charge in [0, 0.05) is 0 Å². The topological polar surface area (TPSA) is 0 Å². The van der Waals surface area contributed by atoms with Crippen LogP contribution in [0.15, 0.2) is 107 Å². The molecule has 0 spiro atoms. The molecule has 0 nitrogen and oxygen atoms in total. The van der Waals surface area contributed by atoms with Crippen molar-refractivity contribution in [3.8, 4) is 20.9 Å². The smallest absolute Gasteiger partial charge is 1.00 e. The van der Waals surface area contributed by atoms with Crippen LogP contribution in [0.5, 0.6) is 0 Å². The normalized spacial score (nSPS) is 16.2. The van der Waals surface area contributed by atoms with Crippen molar-refractivity contribution >= 4 is 61.8 Å². The maximum absolute atomic E-state index is 2.66. The van der Waals surface area contributed by atoms with Gasteiger partial charge in [0.2, 0.25) is 0 Å². The standard InChI is InChI=1S/2C19H15S.C2H6Si.2ClH.Zr/c2*1-2-13-10-14-7-5-9-17(18(14)11-13)19-16-8-4-3-6-15(16)12-20-19;1-3-2;;;/h2*3-12H,2H2,1H3;1-2H3;2*1H;/q;;;;;+2/p-2. The van der Waals surface area contributed by atoms with Crippen LogP contribution >= 0.6 is 22.7 Å². The van der Waals surface area contributed by atoms with Gasteiger partial charge in [-0.1, -0.05) is 0 Å². The molecule has 4 aromatic carbocycles. The summed E-state index contributed by atoms with van der Waals surface area (Å²) in [5.41, 5.74) is 12.1. The zero-order valence-electron chi connectivity index (χ0n) is 26.5. The summed E-state index contributed by atoms with van der Waals surface area (Å²) in [6, 6.07) is 32.3. The van der Waals surface area contributed by atoms with Crippen LogP contribution in [0, 0.1) is 0 Å². The van der Waals surface area contributed by atoms with Crippen LogP contribution in [0.4, 0.5) is 0 Å². The SMILES string of the molecule is CCC1=Cc2c(-c3scc4ccccc34)cccc2[CH]1[Zr+2]([CH]1C(CC)=Cc2c(-c3scc4ccccc34)cccc21)=[Si](C)C.[Cl-].[Cl-]. The molecule has 6 heteroatoms. The Bertz CT molecular complexity index is 2050. The summed E-state index contributed by atoms with van der Waals surface area (Å²) in [6.45, 7) is 10.1. The molecule has 0 aliphatic heterocycles. The second-order valence-electron chi connectivity index (χ2n) is 12.4. The van der Waals surface area contributed by atoms with Crippen molar-refractivity contribution < 1.29 is 45.2 Å². The summed E-state index contributed by atoms with van der Waals surface area (Å²) in [7, 11) is 0. The van der Waals surface area contributed by atoms with Crippen molar-refractivity contribution in [2.24, 2.45) is 0 Å². The number of thiophene rings is 2. The van der Waals surface area contributed by atoms with E-state index in [1.807, 2.05) is 22.7 Å². The second-order valence-corrected chi connectivity index (χ2v) is 32.0. The Balaban J connectivity index is 0.00000186. The third-order valence-corrected chi connectivity index (χ3v) is 31.4. The van der Waals surface area contributed by atoms with Gasteiger partial charge in [0.05, 0.1) is 0 Å². The molecule has 0 radical (unpaired) electrons. The van der Waals surface area contributed by atoms with Crippen LogP contribution in [0.2, 0.25) is 13.1 Å². The van der Waals surface area contributed by atoms with Crippen LogP contribution < -0.4 is 24.8 Å². The monoisotopic (exact) mass is 768 g/mol. The van der Waals surface area contributed by atoms with E-state index in [-0.39, 0.29) is 24.8 Å². The van der Waals surface area contributed by atoms with Gasteiger partial charge in [-0.3, -0.25) is 0 Å². The van der Waals surface area contributed by atoms with Gasteiger partial charge in [-0.2, -0.15) is 0 Å². The minimum atomic E-state index is -2.17. The van der Waals surface area contributed by atoms with E-state index >= 15 is 0 Å². The Labute approximate surface area is 301 Å². The predicted octanol–water partition coefficient (Wildman–Crippen LogP) is 6.72. The molecular formula is C40H36Cl2S2SiZr. The Kier molecular flexibility index (Phi) is 10.2. The van der Waals surface area contributed by atoms with Crippen LogP contribution in [0.25, 0.3) is 54.6 Å². The van der Waals surface area contributed by atoms with E-state index in [1.165, 1.54) is 53.6 Å². The molecule has 0 saturated heterocycles. The quantitative estimate of drug-likeness (QED) is 0.165. The maximum Gasteiger partial charge on any atom is -1.00 e. The van der Waals surface area contributed by atoms with Crippen LogP contribution in [0.3, 0.4) is 0 Å². The third kappa shape index (κ3) is 5.42. The summed E-state index contributed by atoms with van der Waals surface area (Å²) in [5.74, 6) is 0. The molecule has 0 amide bonds. The van der Waals surface area contributed by atoms with Crippen molar-refractivity contribution in [2.45, 2.75) is 47.0 Å². The first-order valence-corrected chi connectivity index (χ1v) is 26.6. The number of hydrogen-bond donors (Lipinski definition) is 0. The van der Waals surface area contributed by atoms with Crippen LogP contribution in [0.1, 0.15) is 56.2 Å². The van der Waals surface area contributed by atoms with E-state index in [1.54, 1.807) is 22.3 Å². The van der Waals surface area contributed by atoms with E-state index in [4.69, 9.17) is 0 Å². The van der Waals surface area contributed by atoms with Gasteiger partial charge in [0.15, 0.2) is 0 Å². The van der Waals surface area contributed by atoms with Crippen LogP contribution in [-0.4, -0.2) is 5.43 Å². The van der Waals surface area contributed by atoms with Gasteiger partial charge in [-0.15, -0.1) is 0 Å². The molecule has 2 aliphatic rings. The van der Waals surface area contributed by atoms with E-state index in [9.17, 15) is 0 Å². The molecule has 2 aliphatic carbocycles. The Morgan fingerprint density at radius 1 is 0.587 bits per heavy atom. The minimum absolute atomic E-state index is 0. The zero-order valence-corrected chi connectivity index (χ0v) is 33.1. The van der Waals surface area contributed by atoms with E-state index < -0.39 is 25.8 Å². The average molecular weight is 771 g/mol. The number of fused-ring (bicyclic) bond motifs is 4. The van der Waals surface area contributed by atoms with Crippen molar-refractivity contribution in [3.05, 3.63) is 129 Å². The first-order chi connectivity index (χ1) is 21.6. The molecule has 0 saturated carbocycles. The number of hydrogen-bond acceptors (Lipinski definition) is 2. The van der Waals surface area contributed by atoms with Crippen molar-refractivity contribution in [1.29, 1.82) is 0 Å². The molecule has 230 valence electrons. The molecule has 0 fully saturated rings. The fourth-order valence-corrected chi connectivity index (χ4v) is 30.7. The van der Waals surface area contributed by atoms with Gasteiger partial charge in [-0.25, -0.2) is 0 Å². The third-order valence-electron chi connectivity index (χ3n) is 9.83. The summed E-state index contributed by atoms with van der Waals surface area (Å²) in [4.78, 5) is 2.86. The second kappa shape index (κ2) is 13.8. The van der Waals surface area contributed by atoms with Gasteiger partial charge in [0.25, 0.3) is 0 Å². The van der Waals surface area contributed by atoms with Crippen molar-refractivity contribution in [1.82, 2.24) is 0 Å². The molecule has 0 N–H and O–H groups in total. The summed E-state index contributed by atoms with van der Waals surface area (Å²) in [5, 5.41) is 10.2. The van der Waals surface area contributed by atoms with E-state index in [2.05, 4.69) is 135 Å². The first kappa shape index (κ1) is 33.8. The van der Waals surface area contributed by atoms with E-state index in [0.29, 0.717) is 7.25 Å². The number of benzene rings is 4. The maximum atomic E-state index is 2.66. The fourth-order valence-electron chi connectivity index (χ4n) is 7.82. The summed E-state index contributed by atoms with van der Waals surface area (Å²) < 4.78 is 1.31. The molecule has 46 heavy (non-hydrogen) atoms. The zero-order chi connectivity index (χ0) is 29.9. The molecule has 2 heterocycles. The number of allylic oxidation sites excluding steroid dienone is 2. The summed E-state index contributed by atoms with van der Waals surface area (Å²) in [6.07, 6.45) is 7.56. The van der Waals surface area contributed by atoms with Crippen molar-refractivity contribution in [2.75, 3.05) is 0 Å². The molecular weight excluding hydrogens is 735 g/mol. The van der Waals surface area contributed by atoms with Crippen LogP contribution in [-0.2, 0) is 20.4 Å². The Morgan fingerprint density at radius 3 is 1.43 bits per heavy atom. The largest absolute Gasteiger partial charge is 1.00 e. The van der Waals surface area contributed by atoms with Gasteiger partial charge >= 0.3 is 279 Å². The van der Waals surface area contributed by atoms with E-state index in [0.717, 1.165) is 12.8 Å². The first-order valence-electron chi connectivity index (χ1n) is 15.9. The van der Waals surface area contributed by atoms with Gasteiger partial charge in [-0.05, 0) is 0 Å². The molecule has 2 atom stereocenters.